The molecule has 34 heavy (non-hydrogen) atoms. The van der Waals surface area contributed by atoms with Crippen molar-refractivity contribution in [3.8, 4) is 0 Å². The Morgan fingerprint density at radius 3 is 1.82 bits per heavy atom. The van der Waals surface area contributed by atoms with E-state index in [1.165, 1.54) is 94.6 Å². The monoisotopic (exact) mass is 545 g/mol. The predicted octanol–water partition coefficient (Wildman–Crippen LogP) is 8.84. The lowest BCUT2D eigenvalue weighted by molar-refractivity contribution is -0.121. The molecular weight excluding hydrogens is 500 g/mol. The summed E-state index contributed by atoms with van der Waals surface area (Å²) in [5.41, 5.74) is 0.486. The maximum Gasteiger partial charge on any atom is 0.283 e. The van der Waals surface area contributed by atoms with Crippen LogP contribution < -0.4 is 5.32 Å². The van der Waals surface area contributed by atoms with Crippen LogP contribution in [0.5, 0.6) is 0 Å². The van der Waals surface area contributed by atoms with Crippen LogP contribution in [-0.4, -0.2) is 22.2 Å². The molecule has 196 valence electrons. The van der Waals surface area contributed by atoms with E-state index >= 15 is 0 Å². The molecule has 1 aromatic rings. The highest BCUT2D eigenvalue weighted by molar-refractivity contribution is 9.10. The molecule has 0 unspecified atom stereocenters. The van der Waals surface area contributed by atoms with Crippen LogP contribution in [0.25, 0.3) is 0 Å². The zero-order valence-corrected chi connectivity index (χ0v) is 22.8. The van der Waals surface area contributed by atoms with E-state index in [-0.39, 0.29) is 24.1 Å². The number of aromatic nitrogens is 2. The summed E-state index contributed by atoms with van der Waals surface area (Å²) >= 11 is 3.26. The van der Waals surface area contributed by atoms with Gasteiger partial charge in [-0.15, -0.1) is 0 Å². The highest BCUT2D eigenvalue weighted by atomic mass is 79.9. The molecular formula is C27H46BrF2N3O. The van der Waals surface area contributed by atoms with Gasteiger partial charge in [0.05, 0.1) is 10.2 Å². The minimum absolute atomic E-state index is 0.00993. The number of rotatable bonds is 21. The first kappa shape index (κ1) is 29.3. The summed E-state index contributed by atoms with van der Waals surface area (Å²) in [5.74, 6) is 0.0844. The topological polar surface area (TPSA) is 46.9 Å². The van der Waals surface area contributed by atoms with E-state index in [9.17, 15) is 13.6 Å². The van der Waals surface area contributed by atoms with E-state index in [0.29, 0.717) is 11.0 Å². The van der Waals surface area contributed by atoms with Crippen molar-refractivity contribution in [2.75, 3.05) is 6.54 Å². The summed E-state index contributed by atoms with van der Waals surface area (Å²) in [6, 6.07) is 0. The van der Waals surface area contributed by atoms with Gasteiger partial charge in [0.15, 0.2) is 0 Å². The molecule has 1 fully saturated rings. The predicted molar refractivity (Wildman–Crippen MR) is 139 cm³/mol. The summed E-state index contributed by atoms with van der Waals surface area (Å²) in [7, 11) is 0. The van der Waals surface area contributed by atoms with E-state index in [1.807, 2.05) is 0 Å². The van der Waals surface area contributed by atoms with Gasteiger partial charge in [0.25, 0.3) is 6.43 Å². The Bertz CT molecular complexity index is 692. The van der Waals surface area contributed by atoms with Crippen molar-refractivity contribution < 1.29 is 13.6 Å². The number of carbonyl (C=O) groups excluding carboxylic acids is 1. The molecule has 1 aliphatic rings. The summed E-state index contributed by atoms with van der Waals surface area (Å²) in [4.78, 5) is 12.3. The van der Waals surface area contributed by atoms with Gasteiger partial charge in [0.1, 0.15) is 12.2 Å². The Kier molecular flexibility index (Phi) is 15.0. The third-order valence-corrected chi connectivity index (χ3v) is 7.59. The SMILES string of the molecule is CCCCCCCCCCCCCCCCCCNC(=O)Cn1nc(C(F)F)c(Br)c1C1CC1. The van der Waals surface area contributed by atoms with Gasteiger partial charge in [-0.25, -0.2) is 8.78 Å². The largest absolute Gasteiger partial charge is 0.354 e. The number of hydrogen-bond donors (Lipinski definition) is 1. The minimum Gasteiger partial charge on any atom is -0.354 e. The van der Waals surface area contributed by atoms with Gasteiger partial charge >= 0.3 is 0 Å². The van der Waals surface area contributed by atoms with Gasteiger partial charge in [-0.1, -0.05) is 103 Å². The van der Waals surface area contributed by atoms with Crippen LogP contribution in [0.4, 0.5) is 8.78 Å². The molecule has 1 N–H and O–H groups in total. The van der Waals surface area contributed by atoms with Gasteiger partial charge < -0.3 is 5.32 Å². The number of hydrogen-bond acceptors (Lipinski definition) is 2. The maximum atomic E-state index is 13.2. The molecule has 1 aromatic heterocycles. The average molecular weight is 547 g/mol. The van der Waals surface area contributed by atoms with Crippen LogP contribution in [0.15, 0.2) is 4.47 Å². The van der Waals surface area contributed by atoms with Crippen LogP contribution in [0.2, 0.25) is 0 Å². The Morgan fingerprint density at radius 1 is 0.912 bits per heavy atom. The molecule has 4 nitrogen and oxygen atoms in total. The first-order chi connectivity index (χ1) is 16.5. The molecule has 0 aliphatic heterocycles. The zero-order valence-electron chi connectivity index (χ0n) is 21.2. The second kappa shape index (κ2) is 17.4. The number of unbranched alkanes of at least 4 members (excludes halogenated alkanes) is 15. The number of amides is 1. The van der Waals surface area contributed by atoms with E-state index in [0.717, 1.165) is 31.4 Å². The van der Waals surface area contributed by atoms with Gasteiger partial charge in [-0.05, 0) is 35.2 Å². The molecule has 0 spiro atoms. The molecule has 0 bridgehead atoms. The molecule has 1 aliphatic carbocycles. The average Bonchev–Trinajstić information content (AvgIpc) is 3.59. The summed E-state index contributed by atoms with van der Waals surface area (Å²) in [5, 5.41) is 6.92. The van der Waals surface area contributed by atoms with Crippen molar-refractivity contribution in [3.63, 3.8) is 0 Å². The maximum absolute atomic E-state index is 13.2. The van der Waals surface area contributed by atoms with E-state index < -0.39 is 6.43 Å². The van der Waals surface area contributed by atoms with Gasteiger partial charge in [0, 0.05) is 12.5 Å². The number of alkyl halides is 2. The minimum atomic E-state index is -2.64. The van der Waals surface area contributed by atoms with E-state index in [1.54, 1.807) is 0 Å². The first-order valence-electron chi connectivity index (χ1n) is 13.9. The fourth-order valence-electron chi connectivity index (χ4n) is 4.57. The van der Waals surface area contributed by atoms with Crippen LogP contribution in [0.1, 0.15) is 146 Å². The molecule has 0 radical (unpaired) electrons. The molecule has 7 heteroatoms. The number of nitrogens with zero attached hydrogens (tertiary/aromatic N) is 2. The van der Waals surface area contributed by atoms with Crippen LogP contribution in [0, 0.1) is 0 Å². The van der Waals surface area contributed by atoms with Crippen molar-refractivity contribution in [2.24, 2.45) is 0 Å². The molecule has 0 atom stereocenters. The molecule has 1 saturated carbocycles. The van der Waals surface area contributed by atoms with Crippen LogP contribution in [0.3, 0.4) is 0 Å². The first-order valence-corrected chi connectivity index (χ1v) is 14.6. The summed E-state index contributed by atoms with van der Waals surface area (Å²) < 4.78 is 28.2. The molecule has 1 heterocycles. The highest BCUT2D eigenvalue weighted by Crippen LogP contribution is 2.45. The lowest BCUT2D eigenvalue weighted by Crippen LogP contribution is -2.29. The van der Waals surface area contributed by atoms with Crippen molar-refractivity contribution in [1.82, 2.24) is 15.1 Å². The molecule has 2 rings (SSSR count). The van der Waals surface area contributed by atoms with Gasteiger partial charge in [-0.3, -0.25) is 9.48 Å². The van der Waals surface area contributed by atoms with Crippen molar-refractivity contribution in [2.45, 2.75) is 141 Å². The normalized spacial score (nSPS) is 13.7. The Labute approximate surface area is 214 Å². The standard InChI is InChI=1S/C27H46BrF2N3O/c1-2-3-4-5-6-7-8-9-10-11-12-13-14-15-16-17-20-31-23(34)21-33-26(22-18-19-22)24(28)25(32-33)27(29)30/h22,27H,2-21H2,1H3,(H,31,34). The Balaban J connectivity index is 1.42. The Morgan fingerprint density at radius 2 is 1.38 bits per heavy atom. The van der Waals surface area contributed by atoms with E-state index in [2.05, 4.69) is 33.3 Å². The zero-order chi connectivity index (χ0) is 24.6. The summed E-state index contributed by atoms with van der Waals surface area (Å²) in [6.07, 6.45) is 20.5. The van der Waals surface area contributed by atoms with Crippen molar-refractivity contribution in [1.29, 1.82) is 0 Å². The second-order valence-electron chi connectivity index (χ2n) is 9.97. The molecule has 0 saturated heterocycles. The third-order valence-electron chi connectivity index (χ3n) is 6.77. The number of nitrogens with one attached hydrogen (secondary N) is 1. The highest BCUT2D eigenvalue weighted by Gasteiger charge is 2.34. The fourth-order valence-corrected chi connectivity index (χ4v) is 5.35. The number of halogens is 3. The third kappa shape index (κ3) is 11.6. The fraction of sp³-hybridized carbons (Fsp3) is 0.852. The van der Waals surface area contributed by atoms with Crippen LogP contribution >= 0.6 is 15.9 Å². The lowest BCUT2D eigenvalue weighted by atomic mass is 10.0. The van der Waals surface area contributed by atoms with Gasteiger partial charge in [0.2, 0.25) is 5.91 Å². The summed E-state index contributed by atoms with van der Waals surface area (Å²) in [6.45, 7) is 2.92. The second-order valence-corrected chi connectivity index (χ2v) is 10.8. The smallest absolute Gasteiger partial charge is 0.283 e. The van der Waals surface area contributed by atoms with Crippen molar-refractivity contribution >= 4 is 21.8 Å². The molecule has 1 amide bonds. The number of carbonyl (C=O) groups is 1. The van der Waals surface area contributed by atoms with Crippen molar-refractivity contribution in [3.05, 3.63) is 15.9 Å². The van der Waals surface area contributed by atoms with Gasteiger partial charge in [-0.2, -0.15) is 5.10 Å². The Hall–Kier alpha value is -0.980. The quantitative estimate of drug-likeness (QED) is 0.157. The lowest BCUT2D eigenvalue weighted by Gasteiger charge is -2.08. The van der Waals surface area contributed by atoms with Crippen LogP contribution in [-0.2, 0) is 11.3 Å². The molecule has 0 aromatic carbocycles. The van der Waals surface area contributed by atoms with E-state index in [4.69, 9.17) is 0 Å².